The van der Waals surface area contributed by atoms with Crippen molar-refractivity contribution in [2.45, 2.75) is 70.4 Å². The topological polar surface area (TPSA) is 47.3 Å². The van der Waals surface area contributed by atoms with Crippen LogP contribution < -0.4 is 3.97 Å². The number of unbranched alkanes of at least 4 members (excludes halogenated alkanes) is 8. The van der Waals surface area contributed by atoms with E-state index in [0.717, 1.165) is 42.5 Å². The molecule has 0 amide bonds. The lowest BCUT2D eigenvalue weighted by atomic mass is 10.1. The van der Waals surface area contributed by atoms with Crippen LogP contribution in [-0.4, -0.2) is 21.2 Å². The third-order valence-electron chi connectivity index (χ3n) is 3.78. The SMILES string of the molecule is O=S(=O)(OCCCCCCCCCCCC(F)(F)F)[n+]1ccccc1. The smallest absolute Gasteiger partial charge is 0.218 e. The fourth-order valence-electron chi connectivity index (χ4n) is 2.42. The maximum atomic E-state index is 12.0. The first-order valence-corrected chi connectivity index (χ1v) is 10.1. The van der Waals surface area contributed by atoms with Crippen LogP contribution in [0.1, 0.15) is 64.2 Å². The Morgan fingerprint density at radius 1 is 0.760 bits per heavy atom. The minimum absolute atomic E-state index is 0.154. The van der Waals surface area contributed by atoms with Crippen molar-refractivity contribution in [3.63, 3.8) is 0 Å². The van der Waals surface area contributed by atoms with Gasteiger partial charge in [0.2, 0.25) is 0 Å². The molecule has 0 bridgehead atoms. The summed E-state index contributed by atoms with van der Waals surface area (Å²) in [6, 6.07) is 4.95. The molecule has 0 N–H and O–H groups in total. The second-order valence-corrected chi connectivity index (χ2v) is 7.55. The molecule has 0 atom stereocenters. The van der Waals surface area contributed by atoms with Gasteiger partial charge in [0.15, 0.2) is 12.4 Å². The molecule has 0 saturated carbocycles. The summed E-state index contributed by atoms with van der Waals surface area (Å²) in [6.07, 6.45) is 5.30. The van der Waals surface area contributed by atoms with Crippen molar-refractivity contribution in [3.05, 3.63) is 30.6 Å². The van der Waals surface area contributed by atoms with Crippen LogP contribution in [0.2, 0.25) is 0 Å². The highest BCUT2D eigenvalue weighted by molar-refractivity contribution is 7.80. The maximum Gasteiger partial charge on any atom is 0.513 e. The zero-order valence-corrected chi connectivity index (χ0v) is 15.2. The maximum absolute atomic E-state index is 12.0. The molecule has 4 nitrogen and oxygen atoms in total. The Balaban J connectivity index is 1.94. The molecule has 0 saturated heterocycles. The molecule has 1 aromatic heterocycles. The van der Waals surface area contributed by atoms with Crippen molar-refractivity contribution < 1.29 is 29.7 Å². The van der Waals surface area contributed by atoms with Gasteiger partial charge >= 0.3 is 16.5 Å². The number of hydrogen-bond donors (Lipinski definition) is 0. The van der Waals surface area contributed by atoms with Crippen LogP contribution in [0.4, 0.5) is 13.2 Å². The summed E-state index contributed by atoms with van der Waals surface area (Å²) < 4.78 is 65.5. The molecule has 0 aliphatic heterocycles. The molecule has 0 radical (unpaired) electrons. The van der Waals surface area contributed by atoms with Gasteiger partial charge in [0, 0.05) is 18.6 Å². The van der Waals surface area contributed by atoms with Gasteiger partial charge in [0.1, 0.15) is 0 Å². The van der Waals surface area contributed by atoms with E-state index >= 15 is 0 Å². The summed E-state index contributed by atoms with van der Waals surface area (Å²) in [5.41, 5.74) is 0. The molecule has 0 unspecified atom stereocenters. The molecule has 144 valence electrons. The molecule has 1 rings (SSSR count). The van der Waals surface area contributed by atoms with Crippen LogP contribution in [0.5, 0.6) is 0 Å². The Hall–Kier alpha value is -1.15. The van der Waals surface area contributed by atoms with E-state index in [0.29, 0.717) is 12.8 Å². The molecule has 0 fully saturated rings. The van der Waals surface area contributed by atoms with E-state index in [9.17, 15) is 21.6 Å². The summed E-state index contributed by atoms with van der Waals surface area (Å²) in [4.78, 5) is 0. The van der Waals surface area contributed by atoms with Gasteiger partial charge in [-0.25, -0.2) is 4.18 Å². The van der Waals surface area contributed by atoms with Crippen LogP contribution in [0.3, 0.4) is 0 Å². The van der Waals surface area contributed by atoms with Crippen molar-refractivity contribution in [2.24, 2.45) is 0 Å². The first-order valence-electron chi connectivity index (χ1n) is 8.74. The number of pyridine rings is 1. The highest BCUT2D eigenvalue weighted by Crippen LogP contribution is 2.23. The van der Waals surface area contributed by atoms with E-state index < -0.39 is 22.9 Å². The number of aromatic nitrogens is 1. The third kappa shape index (κ3) is 11.1. The minimum Gasteiger partial charge on any atom is -0.218 e. The zero-order valence-electron chi connectivity index (χ0n) is 14.4. The highest BCUT2D eigenvalue weighted by atomic mass is 32.2. The van der Waals surface area contributed by atoms with Crippen LogP contribution in [0, 0.1) is 0 Å². The lowest BCUT2D eigenvalue weighted by Gasteiger charge is -2.05. The summed E-state index contributed by atoms with van der Waals surface area (Å²) in [6.45, 7) is 0.154. The second kappa shape index (κ2) is 11.5. The largest absolute Gasteiger partial charge is 0.513 e. The fraction of sp³-hybridized carbons (Fsp3) is 0.706. The Kier molecular flexibility index (Phi) is 10.0. The summed E-state index contributed by atoms with van der Waals surface area (Å²) in [5, 5.41) is 0. The third-order valence-corrected chi connectivity index (χ3v) is 5.01. The van der Waals surface area contributed by atoms with Gasteiger partial charge in [0.25, 0.3) is 0 Å². The minimum atomic E-state index is -4.03. The van der Waals surface area contributed by atoms with Crippen LogP contribution >= 0.6 is 0 Å². The summed E-state index contributed by atoms with van der Waals surface area (Å²) in [5.74, 6) is 0. The van der Waals surface area contributed by atoms with E-state index in [1.165, 1.54) is 12.4 Å². The Morgan fingerprint density at radius 3 is 1.76 bits per heavy atom. The Bertz CT molecular complexity index is 562. The van der Waals surface area contributed by atoms with Crippen molar-refractivity contribution in [2.75, 3.05) is 6.61 Å². The van der Waals surface area contributed by atoms with Gasteiger partial charge in [-0.15, -0.1) is 8.42 Å². The number of nitrogens with zero attached hydrogens (tertiary/aromatic N) is 1. The normalized spacial score (nSPS) is 12.4. The molecular weight excluding hydrogens is 355 g/mol. The van der Waals surface area contributed by atoms with E-state index in [1.807, 2.05) is 0 Å². The lowest BCUT2D eigenvalue weighted by Crippen LogP contribution is -2.43. The zero-order chi connectivity index (χ0) is 18.6. The first kappa shape index (κ1) is 21.9. The van der Waals surface area contributed by atoms with Crippen molar-refractivity contribution >= 4 is 10.3 Å². The molecule has 1 aromatic rings. The van der Waals surface area contributed by atoms with Crippen molar-refractivity contribution in [1.82, 2.24) is 0 Å². The molecule has 8 heteroatoms. The van der Waals surface area contributed by atoms with Crippen molar-refractivity contribution in [1.29, 1.82) is 0 Å². The van der Waals surface area contributed by atoms with Crippen LogP contribution in [0.25, 0.3) is 0 Å². The van der Waals surface area contributed by atoms with Gasteiger partial charge in [-0.3, -0.25) is 0 Å². The van der Waals surface area contributed by atoms with E-state index in [4.69, 9.17) is 4.18 Å². The Morgan fingerprint density at radius 2 is 1.24 bits per heavy atom. The molecule has 1 heterocycles. The predicted molar refractivity (Wildman–Crippen MR) is 89.1 cm³/mol. The first-order chi connectivity index (χ1) is 11.8. The standard InChI is InChI=1S/C17H27F3NO3S/c18-17(19,20)13-9-6-4-2-1-3-5-7-12-16-24-25(22,23)21-14-10-8-11-15-21/h8,10-11,14-15H,1-7,9,12-13,16H2/q+1. The number of halogens is 3. The quantitative estimate of drug-likeness (QED) is 0.371. The van der Waals surface area contributed by atoms with Crippen molar-refractivity contribution in [3.8, 4) is 0 Å². The van der Waals surface area contributed by atoms with Gasteiger partial charge in [-0.1, -0.05) is 55.0 Å². The number of alkyl halides is 3. The lowest BCUT2D eigenvalue weighted by molar-refractivity contribution is -0.520. The molecule has 25 heavy (non-hydrogen) atoms. The molecule has 0 aliphatic rings. The van der Waals surface area contributed by atoms with E-state index in [1.54, 1.807) is 18.2 Å². The summed E-state index contributed by atoms with van der Waals surface area (Å²) in [7, 11) is -3.74. The fourth-order valence-corrected chi connectivity index (χ4v) is 3.31. The molecule has 0 aliphatic carbocycles. The monoisotopic (exact) mass is 382 g/mol. The molecule has 0 aromatic carbocycles. The molecular formula is C17H27F3NO3S+. The average Bonchev–Trinajstić information content (AvgIpc) is 2.55. The Labute approximate surface area is 148 Å². The van der Waals surface area contributed by atoms with Gasteiger partial charge in [-0.05, 0) is 12.8 Å². The van der Waals surface area contributed by atoms with Crippen LogP contribution in [-0.2, 0) is 14.5 Å². The van der Waals surface area contributed by atoms with Gasteiger partial charge < -0.3 is 0 Å². The summed E-state index contributed by atoms with van der Waals surface area (Å²) >= 11 is 0. The highest BCUT2D eigenvalue weighted by Gasteiger charge is 2.25. The van der Waals surface area contributed by atoms with E-state index in [-0.39, 0.29) is 13.0 Å². The van der Waals surface area contributed by atoms with Crippen LogP contribution in [0.15, 0.2) is 30.6 Å². The number of hydrogen-bond acceptors (Lipinski definition) is 3. The van der Waals surface area contributed by atoms with Gasteiger partial charge in [-0.2, -0.15) is 13.2 Å². The van der Waals surface area contributed by atoms with E-state index in [2.05, 4.69) is 0 Å². The average molecular weight is 382 g/mol. The molecule has 0 spiro atoms. The second-order valence-electron chi connectivity index (χ2n) is 6.03. The van der Waals surface area contributed by atoms with Gasteiger partial charge in [0.05, 0.1) is 6.61 Å². The number of rotatable bonds is 13. The predicted octanol–water partition coefficient (Wildman–Crippen LogP) is 4.55.